The lowest BCUT2D eigenvalue weighted by Crippen LogP contribution is -2.14. The maximum absolute atomic E-state index is 13.7. The number of carbonyl (C=O) groups excluding carboxylic acids is 1. The van der Waals surface area contributed by atoms with Crippen molar-refractivity contribution in [3.63, 3.8) is 0 Å². The molecule has 2 aromatic carbocycles. The van der Waals surface area contributed by atoms with E-state index in [9.17, 15) is 19.3 Å². The highest BCUT2D eigenvalue weighted by molar-refractivity contribution is 6.34. The maximum atomic E-state index is 13.7. The molecule has 0 aromatic heterocycles. The van der Waals surface area contributed by atoms with Gasteiger partial charge in [0, 0.05) is 12.1 Å². The highest BCUT2D eigenvalue weighted by Crippen LogP contribution is 2.25. The third-order valence-corrected chi connectivity index (χ3v) is 3.23. The predicted octanol–water partition coefficient (Wildman–Crippen LogP) is 4.29. The summed E-state index contributed by atoms with van der Waals surface area (Å²) < 4.78 is 13.7. The molecule has 0 heterocycles. The quantitative estimate of drug-likeness (QED) is 0.674. The third kappa shape index (κ3) is 3.29. The molecule has 1 N–H and O–H groups in total. The second-order valence-electron chi connectivity index (χ2n) is 3.98. The minimum atomic E-state index is -0.797. The Balaban J connectivity index is 2.34. The van der Waals surface area contributed by atoms with Gasteiger partial charge in [0.05, 0.1) is 26.2 Å². The molecule has 0 spiro atoms. The van der Waals surface area contributed by atoms with E-state index in [1.54, 1.807) is 0 Å². The van der Waals surface area contributed by atoms with E-state index in [1.165, 1.54) is 30.3 Å². The van der Waals surface area contributed by atoms with E-state index in [4.69, 9.17) is 23.2 Å². The van der Waals surface area contributed by atoms with Crippen molar-refractivity contribution in [1.29, 1.82) is 0 Å². The average Bonchev–Trinajstić information content (AvgIpc) is 2.44. The van der Waals surface area contributed by atoms with Crippen LogP contribution >= 0.6 is 23.2 Å². The maximum Gasteiger partial charge on any atom is 0.270 e. The topological polar surface area (TPSA) is 72.2 Å². The Bertz CT molecular complexity index is 737. The molecule has 1 amide bonds. The summed E-state index contributed by atoms with van der Waals surface area (Å²) in [4.78, 5) is 22.1. The zero-order valence-corrected chi connectivity index (χ0v) is 11.8. The van der Waals surface area contributed by atoms with E-state index in [0.717, 1.165) is 6.07 Å². The van der Waals surface area contributed by atoms with E-state index in [1.807, 2.05) is 0 Å². The Morgan fingerprint density at radius 1 is 1.19 bits per heavy atom. The van der Waals surface area contributed by atoms with Crippen LogP contribution in [0.25, 0.3) is 0 Å². The van der Waals surface area contributed by atoms with Crippen molar-refractivity contribution in [3.8, 4) is 0 Å². The van der Waals surface area contributed by atoms with Gasteiger partial charge in [0.25, 0.3) is 11.6 Å². The van der Waals surface area contributed by atoms with Crippen molar-refractivity contribution in [2.75, 3.05) is 5.32 Å². The molecule has 0 fully saturated rings. The van der Waals surface area contributed by atoms with E-state index < -0.39 is 16.6 Å². The fourth-order valence-electron chi connectivity index (χ4n) is 1.59. The number of carbonyl (C=O) groups is 1. The number of hydrogen-bond acceptors (Lipinski definition) is 3. The number of benzene rings is 2. The Kier molecular flexibility index (Phi) is 4.40. The highest BCUT2D eigenvalue weighted by atomic mass is 35.5. The first-order valence-electron chi connectivity index (χ1n) is 5.59. The highest BCUT2D eigenvalue weighted by Gasteiger charge is 2.17. The Morgan fingerprint density at radius 3 is 2.57 bits per heavy atom. The van der Waals surface area contributed by atoms with E-state index >= 15 is 0 Å². The number of rotatable bonds is 3. The summed E-state index contributed by atoms with van der Waals surface area (Å²) in [7, 11) is 0. The van der Waals surface area contributed by atoms with Gasteiger partial charge in [-0.25, -0.2) is 4.39 Å². The smallest absolute Gasteiger partial charge is 0.270 e. The van der Waals surface area contributed by atoms with E-state index in [0.29, 0.717) is 0 Å². The standard InChI is InChI=1S/C13H7Cl2FN2O3/c14-9-5-4-7(18(20)21)6-8(9)13(19)17-11-3-1-2-10(15)12(11)16/h1-6H,(H,17,19). The fraction of sp³-hybridized carbons (Fsp3) is 0. The molecule has 2 aromatic rings. The molecular formula is C13H7Cl2FN2O3. The molecule has 0 atom stereocenters. The van der Waals surface area contributed by atoms with Gasteiger partial charge in [-0.15, -0.1) is 0 Å². The lowest BCUT2D eigenvalue weighted by molar-refractivity contribution is -0.384. The predicted molar refractivity (Wildman–Crippen MR) is 77.5 cm³/mol. The van der Waals surface area contributed by atoms with Gasteiger partial charge in [-0.2, -0.15) is 0 Å². The molecule has 0 bridgehead atoms. The van der Waals surface area contributed by atoms with Crippen molar-refractivity contribution >= 4 is 40.5 Å². The van der Waals surface area contributed by atoms with Crippen LogP contribution in [0.1, 0.15) is 10.4 Å². The molecule has 21 heavy (non-hydrogen) atoms. The second kappa shape index (κ2) is 6.07. The van der Waals surface area contributed by atoms with E-state index in [2.05, 4.69) is 5.32 Å². The summed E-state index contributed by atoms with van der Waals surface area (Å²) in [6.07, 6.45) is 0. The lowest BCUT2D eigenvalue weighted by atomic mass is 10.2. The van der Waals surface area contributed by atoms with Crippen molar-refractivity contribution in [1.82, 2.24) is 0 Å². The number of nitro benzene ring substituents is 1. The van der Waals surface area contributed by atoms with Crippen LogP contribution in [-0.2, 0) is 0 Å². The van der Waals surface area contributed by atoms with Crippen LogP contribution in [0.4, 0.5) is 15.8 Å². The normalized spacial score (nSPS) is 10.2. The Labute approximate surface area is 128 Å². The first-order chi connectivity index (χ1) is 9.90. The molecule has 5 nitrogen and oxygen atoms in total. The number of hydrogen-bond donors (Lipinski definition) is 1. The average molecular weight is 329 g/mol. The molecule has 0 aliphatic carbocycles. The number of nitrogens with zero attached hydrogens (tertiary/aromatic N) is 1. The van der Waals surface area contributed by atoms with Crippen LogP contribution in [0.2, 0.25) is 10.0 Å². The summed E-state index contributed by atoms with van der Waals surface area (Å²) in [5, 5.41) is 12.8. The van der Waals surface area contributed by atoms with Crippen LogP contribution in [0.5, 0.6) is 0 Å². The minimum absolute atomic E-state index is 0.0144. The zero-order chi connectivity index (χ0) is 15.6. The molecule has 0 aliphatic heterocycles. The zero-order valence-electron chi connectivity index (χ0n) is 10.3. The van der Waals surface area contributed by atoms with Gasteiger partial charge in [-0.3, -0.25) is 14.9 Å². The fourth-order valence-corrected chi connectivity index (χ4v) is 1.97. The van der Waals surface area contributed by atoms with Crippen LogP contribution in [-0.4, -0.2) is 10.8 Å². The molecule has 0 radical (unpaired) electrons. The molecule has 0 saturated carbocycles. The Hall–Kier alpha value is -2.18. The summed E-state index contributed by atoms with van der Waals surface area (Å²) in [6, 6.07) is 7.50. The van der Waals surface area contributed by atoms with Crippen molar-refractivity contribution in [3.05, 3.63) is 67.9 Å². The monoisotopic (exact) mass is 328 g/mol. The SMILES string of the molecule is O=C(Nc1cccc(Cl)c1F)c1cc([N+](=O)[O-])ccc1Cl. The van der Waals surface area contributed by atoms with Gasteiger partial charge >= 0.3 is 0 Å². The van der Waals surface area contributed by atoms with Crippen LogP contribution in [0, 0.1) is 15.9 Å². The largest absolute Gasteiger partial charge is 0.319 e. The number of anilines is 1. The van der Waals surface area contributed by atoms with Crippen molar-refractivity contribution in [2.45, 2.75) is 0 Å². The number of non-ortho nitro benzene ring substituents is 1. The molecule has 108 valence electrons. The van der Waals surface area contributed by atoms with Crippen LogP contribution in [0.15, 0.2) is 36.4 Å². The Morgan fingerprint density at radius 2 is 1.90 bits per heavy atom. The molecule has 0 unspecified atom stereocenters. The number of nitrogens with one attached hydrogen (secondary N) is 1. The second-order valence-corrected chi connectivity index (χ2v) is 4.79. The van der Waals surface area contributed by atoms with Gasteiger partial charge in [0.1, 0.15) is 0 Å². The molecule has 8 heteroatoms. The van der Waals surface area contributed by atoms with Crippen molar-refractivity contribution < 1.29 is 14.1 Å². The third-order valence-electron chi connectivity index (χ3n) is 2.61. The minimum Gasteiger partial charge on any atom is -0.319 e. The number of amides is 1. The van der Waals surface area contributed by atoms with Gasteiger partial charge < -0.3 is 5.32 Å². The molecular weight excluding hydrogens is 322 g/mol. The summed E-state index contributed by atoms with van der Waals surface area (Å²) in [5.41, 5.74) is -0.573. The number of halogens is 3. The van der Waals surface area contributed by atoms with Gasteiger partial charge in [0.2, 0.25) is 0 Å². The van der Waals surface area contributed by atoms with Gasteiger partial charge in [-0.1, -0.05) is 29.3 Å². The first kappa shape index (κ1) is 15.2. The number of nitro groups is 1. The lowest BCUT2D eigenvalue weighted by Gasteiger charge is -2.08. The van der Waals surface area contributed by atoms with Gasteiger partial charge in [0.15, 0.2) is 5.82 Å². The van der Waals surface area contributed by atoms with E-state index in [-0.39, 0.29) is 27.0 Å². The van der Waals surface area contributed by atoms with Crippen molar-refractivity contribution in [2.24, 2.45) is 0 Å². The molecule has 0 aliphatic rings. The molecule has 0 saturated heterocycles. The first-order valence-corrected chi connectivity index (χ1v) is 6.35. The summed E-state index contributed by atoms with van der Waals surface area (Å²) in [5.74, 6) is -1.57. The van der Waals surface area contributed by atoms with Crippen LogP contribution < -0.4 is 5.32 Å². The summed E-state index contributed by atoms with van der Waals surface area (Å²) in [6.45, 7) is 0. The van der Waals surface area contributed by atoms with Crippen LogP contribution in [0.3, 0.4) is 0 Å². The molecule has 2 rings (SSSR count). The summed E-state index contributed by atoms with van der Waals surface area (Å²) >= 11 is 11.4. The van der Waals surface area contributed by atoms with Gasteiger partial charge in [-0.05, 0) is 18.2 Å².